The lowest BCUT2D eigenvalue weighted by Gasteiger charge is -2.00. The normalized spacial score (nSPS) is 9.92. The Labute approximate surface area is 97.8 Å². The average Bonchev–Trinajstić information content (AvgIpc) is 2.08. The van der Waals surface area contributed by atoms with Gasteiger partial charge in [0.25, 0.3) is 0 Å². The number of Topliss-reactive ketones (excluding diaryl/α,β-unsaturated/α-hetero) is 1. The Bertz CT molecular complexity index is 314. The van der Waals surface area contributed by atoms with Crippen molar-refractivity contribution in [3.8, 4) is 0 Å². The molecule has 64 valence electrons. The summed E-state index contributed by atoms with van der Waals surface area (Å²) in [6.07, 6.45) is 0. The zero-order valence-corrected chi connectivity index (χ0v) is 10.5. The van der Waals surface area contributed by atoms with E-state index in [4.69, 9.17) is 11.6 Å². The molecule has 0 N–H and O–H groups in total. The molecular weight excluding hydrogens is 354 g/mol. The van der Waals surface area contributed by atoms with E-state index in [1.807, 2.05) is 12.1 Å². The van der Waals surface area contributed by atoms with Gasteiger partial charge in [-0.15, -0.1) is 11.6 Å². The van der Waals surface area contributed by atoms with Crippen molar-refractivity contribution >= 4 is 55.9 Å². The zero-order chi connectivity index (χ0) is 9.14. The van der Waals surface area contributed by atoms with Crippen LogP contribution in [0, 0.1) is 3.57 Å². The van der Waals surface area contributed by atoms with Crippen LogP contribution in [0.25, 0.3) is 0 Å². The fraction of sp³-hybridized carbons (Fsp3) is 0.125. The number of benzene rings is 1. The summed E-state index contributed by atoms with van der Waals surface area (Å²) in [6.45, 7) is 0. The summed E-state index contributed by atoms with van der Waals surface area (Å²) in [5.41, 5.74) is 0.681. The Morgan fingerprint density at radius 1 is 1.58 bits per heavy atom. The van der Waals surface area contributed by atoms with Crippen LogP contribution in [0.4, 0.5) is 0 Å². The van der Waals surface area contributed by atoms with Crippen molar-refractivity contribution in [2.24, 2.45) is 0 Å². The molecule has 0 saturated heterocycles. The summed E-state index contributed by atoms with van der Waals surface area (Å²) in [4.78, 5) is 11.2. The van der Waals surface area contributed by atoms with Crippen LogP contribution in [0.5, 0.6) is 0 Å². The van der Waals surface area contributed by atoms with Crippen molar-refractivity contribution < 1.29 is 4.79 Å². The van der Waals surface area contributed by atoms with Gasteiger partial charge in [0.05, 0.1) is 5.88 Å². The van der Waals surface area contributed by atoms with Crippen molar-refractivity contribution in [2.75, 3.05) is 5.88 Å². The van der Waals surface area contributed by atoms with Gasteiger partial charge in [0, 0.05) is 13.6 Å². The molecule has 0 amide bonds. The molecule has 1 rings (SSSR count). The van der Waals surface area contributed by atoms with Crippen molar-refractivity contribution in [2.45, 2.75) is 0 Å². The number of halogens is 3. The largest absolute Gasteiger partial charge is 0.293 e. The molecule has 0 bridgehead atoms. The second-order valence-corrected chi connectivity index (χ2v) is 4.53. The van der Waals surface area contributed by atoms with E-state index < -0.39 is 0 Å². The van der Waals surface area contributed by atoms with Crippen molar-refractivity contribution in [3.05, 3.63) is 31.8 Å². The Morgan fingerprint density at radius 3 is 2.83 bits per heavy atom. The summed E-state index contributed by atoms with van der Waals surface area (Å²) in [5.74, 6) is -0.00529. The molecule has 0 atom stereocenters. The van der Waals surface area contributed by atoms with Crippen LogP contribution >= 0.6 is 50.1 Å². The molecule has 0 aromatic heterocycles. The highest BCUT2D eigenvalue weighted by molar-refractivity contribution is 14.1. The third-order valence-electron chi connectivity index (χ3n) is 1.35. The molecular formula is C8H5BrClIO. The minimum absolute atomic E-state index is 0.0342. The fourth-order valence-electron chi connectivity index (χ4n) is 0.783. The summed E-state index contributed by atoms with van der Waals surface area (Å²) in [7, 11) is 0. The molecule has 0 radical (unpaired) electrons. The first-order valence-electron chi connectivity index (χ1n) is 3.19. The van der Waals surface area contributed by atoms with Gasteiger partial charge >= 0.3 is 0 Å². The molecule has 12 heavy (non-hydrogen) atoms. The predicted molar refractivity (Wildman–Crippen MR) is 61.9 cm³/mol. The summed E-state index contributed by atoms with van der Waals surface area (Å²) >= 11 is 10.9. The van der Waals surface area contributed by atoms with Gasteiger partial charge in [0.2, 0.25) is 0 Å². The minimum atomic E-state index is -0.0395. The molecule has 0 aliphatic rings. The first-order valence-corrected chi connectivity index (χ1v) is 5.60. The molecule has 0 unspecified atom stereocenters. The van der Waals surface area contributed by atoms with Crippen LogP contribution in [0.2, 0.25) is 0 Å². The molecule has 0 heterocycles. The SMILES string of the molecule is O=C(CCl)c1cc(Br)ccc1I. The van der Waals surface area contributed by atoms with Gasteiger partial charge in [-0.1, -0.05) is 15.9 Å². The van der Waals surface area contributed by atoms with Crippen LogP contribution in [-0.2, 0) is 0 Å². The third-order valence-corrected chi connectivity index (χ3v) is 3.03. The molecule has 4 heteroatoms. The minimum Gasteiger partial charge on any atom is -0.293 e. The van der Waals surface area contributed by atoms with Gasteiger partial charge in [-0.05, 0) is 40.8 Å². The van der Waals surface area contributed by atoms with Gasteiger partial charge in [-0.25, -0.2) is 0 Å². The lowest BCUT2D eigenvalue weighted by Crippen LogP contribution is -2.02. The molecule has 1 nitrogen and oxygen atoms in total. The average molecular weight is 359 g/mol. The highest BCUT2D eigenvalue weighted by atomic mass is 127. The Balaban J connectivity index is 3.13. The van der Waals surface area contributed by atoms with Crippen molar-refractivity contribution in [1.29, 1.82) is 0 Å². The third kappa shape index (κ3) is 2.44. The quantitative estimate of drug-likeness (QED) is 0.449. The van der Waals surface area contributed by atoms with Crippen molar-refractivity contribution in [1.82, 2.24) is 0 Å². The first kappa shape index (κ1) is 10.5. The maximum Gasteiger partial charge on any atom is 0.178 e. The number of hydrogen-bond acceptors (Lipinski definition) is 1. The van der Waals surface area contributed by atoms with Crippen LogP contribution < -0.4 is 0 Å². The number of carbonyl (C=O) groups is 1. The lowest BCUT2D eigenvalue weighted by atomic mass is 10.2. The molecule has 0 saturated carbocycles. The van der Waals surface area contributed by atoms with E-state index in [0.29, 0.717) is 5.56 Å². The number of carbonyl (C=O) groups excluding carboxylic acids is 1. The van der Waals surface area contributed by atoms with Gasteiger partial charge in [0.1, 0.15) is 0 Å². The Hall–Kier alpha value is 0.390. The van der Waals surface area contributed by atoms with E-state index in [2.05, 4.69) is 38.5 Å². The van der Waals surface area contributed by atoms with Crippen LogP contribution in [0.15, 0.2) is 22.7 Å². The van der Waals surface area contributed by atoms with E-state index in [9.17, 15) is 4.79 Å². The second kappa shape index (κ2) is 4.58. The highest BCUT2D eigenvalue weighted by Crippen LogP contribution is 2.19. The fourth-order valence-corrected chi connectivity index (χ4v) is 1.92. The Kier molecular flexibility index (Phi) is 3.99. The van der Waals surface area contributed by atoms with E-state index in [-0.39, 0.29) is 11.7 Å². The van der Waals surface area contributed by atoms with Crippen LogP contribution in [-0.4, -0.2) is 11.7 Å². The van der Waals surface area contributed by atoms with Gasteiger partial charge < -0.3 is 0 Å². The number of rotatable bonds is 2. The number of hydrogen-bond donors (Lipinski definition) is 0. The van der Waals surface area contributed by atoms with E-state index in [0.717, 1.165) is 8.04 Å². The smallest absolute Gasteiger partial charge is 0.178 e. The molecule has 1 aromatic rings. The predicted octanol–water partition coefficient (Wildman–Crippen LogP) is 3.48. The summed E-state index contributed by atoms with van der Waals surface area (Å²) in [5, 5.41) is 0. The maximum atomic E-state index is 11.2. The lowest BCUT2D eigenvalue weighted by molar-refractivity contribution is 0.102. The topological polar surface area (TPSA) is 17.1 Å². The van der Waals surface area contributed by atoms with Gasteiger partial charge in [0.15, 0.2) is 5.78 Å². The molecule has 0 fully saturated rings. The van der Waals surface area contributed by atoms with Crippen molar-refractivity contribution in [3.63, 3.8) is 0 Å². The molecule has 0 spiro atoms. The summed E-state index contributed by atoms with van der Waals surface area (Å²) in [6, 6.07) is 5.56. The standard InChI is InChI=1S/C8H5BrClIO/c9-5-1-2-7(11)6(3-5)8(12)4-10/h1-3H,4H2. The van der Waals surface area contributed by atoms with Crippen LogP contribution in [0.1, 0.15) is 10.4 Å². The zero-order valence-electron chi connectivity index (χ0n) is 5.98. The van der Waals surface area contributed by atoms with Crippen LogP contribution in [0.3, 0.4) is 0 Å². The number of ketones is 1. The molecule has 0 aliphatic heterocycles. The monoisotopic (exact) mass is 358 g/mol. The molecule has 1 aromatic carbocycles. The van der Waals surface area contributed by atoms with E-state index in [1.54, 1.807) is 6.07 Å². The second-order valence-electron chi connectivity index (χ2n) is 2.18. The maximum absolute atomic E-state index is 11.2. The first-order chi connectivity index (χ1) is 5.65. The van der Waals surface area contributed by atoms with E-state index in [1.165, 1.54) is 0 Å². The van der Waals surface area contributed by atoms with Gasteiger partial charge in [-0.2, -0.15) is 0 Å². The molecule has 0 aliphatic carbocycles. The highest BCUT2D eigenvalue weighted by Gasteiger charge is 2.08. The van der Waals surface area contributed by atoms with E-state index >= 15 is 0 Å². The number of alkyl halides is 1. The van der Waals surface area contributed by atoms with Gasteiger partial charge in [-0.3, -0.25) is 4.79 Å². The Morgan fingerprint density at radius 2 is 2.25 bits per heavy atom. The summed E-state index contributed by atoms with van der Waals surface area (Å²) < 4.78 is 1.83.